The van der Waals surface area contributed by atoms with E-state index in [1.807, 2.05) is 0 Å². The van der Waals surface area contributed by atoms with Gasteiger partial charge in [0.15, 0.2) is 0 Å². The van der Waals surface area contributed by atoms with Crippen molar-refractivity contribution in [3.8, 4) is 0 Å². The van der Waals surface area contributed by atoms with Crippen LogP contribution in [0.4, 0.5) is 0 Å². The molecular weight excluding hydrogens is 200 g/mol. The van der Waals surface area contributed by atoms with E-state index in [0.29, 0.717) is 0 Å². The maximum atomic E-state index is 4.07. The van der Waals surface area contributed by atoms with Crippen LogP contribution < -0.4 is 0 Å². The van der Waals surface area contributed by atoms with Gasteiger partial charge < -0.3 is 0 Å². The highest BCUT2D eigenvalue weighted by Gasteiger charge is 1.90. The molecule has 1 heterocycles. The monoisotopic (exact) mass is 216 g/mol. The third kappa shape index (κ3) is 7.14. The first-order valence-electron chi connectivity index (χ1n) is 4.84. The molecule has 0 saturated carbocycles. The number of hydrogen-bond acceptors (Lipinski definition) is 4. The lowest BCUT2D eigenvalue weighted by Gasteiger charge is -1.96. The lowest BCUT2D eigenvalue weighted by atomic mass is 10.1. The van der Waals surface area contributed by atoms with Crippen molar-refractivity contribution in [2.24, 2.45) is 9.63 Å². The molecule has 1 rings (SSSR count). The summed E-state index contributed by atoms with van der Waals surface area (Å²) in [5.74, 6) is 0. The van der Waals surface area contributed by atoms with Gasteiger partial charge in [0.25, 0.3) is 0 Å². The molecule has 0 atom stereocenters. The predicted molar refractivity (Wildman–Crippen MR) is 61.7 cm³/mol. The van der Waals surface area contributed by atoms with Gasteiger partial charge in [-0.3, -0.25) is 0 Å². The van der Waals surface area contributed by atoms with Gasteiger partial charge in [0.2, 0.25) is 0 Å². The molecule has 1 aliphatic rings. The molecule has 13 heavy (non-hydrogen) atoms. The van der Waals surface area contributed by atoms with Crippen LogP contribution in [0.5, 0.6) is 0 Å². The van der Waals surface area contributed by atoms with Crippen LogP contribution in [0.25, 0.3) is 0 Å². The zero-order chi connectivity index (χ0) is 9.19. The second-order valence-electron chi connectivity index (χ2n) is 3.05. The summed E-state index contributed by atoms with van der Waals surface area (Å²) in [7, 11) is 3.11. The molecule has 74 valence electrons. The zero-order valence-electron chi connectivity index (χ0n) is 7.82. The Morgan fingerprint density at radius 2 is 1.85 bits per heavy atom. The molecular formula is C9H16N2S2. The zero-order valence-corrected chi connectivity index (χ0v) is 9.45. The molecule has 0 bridgehead atoms. The summed E-state index contributed by atoms with van der Waals surface area (Å²) < 4.78 is 3.99. The minimum Gasteiger partial charge on any atom is -0.181 e. The summed E-state index contributed by atoms with van der Waals surface area (Å²) in [6, 6.07) is 0. The van der Waals surface area contributed by atoms with Crippen molar-refractivity contribution >= 4 is 21.8 Å². The smallest absolute Gasteiger partial charge is 0.0716 e. The standard InChI is InChI=1S/C9H16N2S2/c1-2-4-6-8-10-11-13-12-9-7-5-3-1/h7,9H,1-6,8H2. The molecule has 0 spiro atoms. The molecule has 0 unspecified atom stereocenters. The van der Waals surface area contributed by atoms with Gasteiger partial charge in [-0.15, -0.1) is 4.52 Å². The Morgan fingerprint density at radius 3 is 2.85 bits per heavy atom. The fourth-order valence-electron chi connectivity index (χ4n) is 1.19. The van der Waals surface area contributed by atoms with E-state index in [9.17, 15) is 0 Å². The van der Waals surface area contributed by atoms with E-state index in [-0.39, 0.29) is 0 Å². The van der Waals surface area contributed by atoms with Crippen LogP contribution in [0.3, 0.4) is 0 Å². The first kappa shape index (κ1) is 11.1. The highest BCUT2D eigenvalue weighted by atomic mass is 33.1. The molecule has 0 aromatic heterocycles. The fraction of sp³-hybridized carbons (Fsp3) is 0.778. The van der Waals surface area contributed by atoms with E-state index in [0.717, 1.165) is 6.54 Å². The molecule has 0 aromatic rings. The molecule has 0 aliphatic carbocycles. The molecule has 2 nitrogen and oxygen atoms in total. The van der Waals surface area contributed by atoms with Crippen LogP contribution in [-0.2, 0) is 0 Å². The molecule has 0 fully saturated rings. The number of nitrogens with zero attached hydrogens (tertiary/aromatic N) is 2. The SMILES string of the molecule is C1=CSSN=NCCCCCCC1. The molecule has 0 N–H and O–H groups in total. The van der Waals surface area contributed by atoms with Gasteiger partial charge in [-0.05, 0) is 35.5 Å². The van der Waals surface area contributed by atoms with Crippen LogP contribution in [0.1, 0.15) is 38.5 Å². The van der Waals surface area contributed by atoms with E-state index in [1.54, 1.807) is 10.8 Å². The number of hydrogen-bond donors (Lipinski definition) is 0. The predicted octanol–water partition coefficient (Wildman–Crippen LogP) is 4.60. The van der Waals surface area contributed by atoms with Gasteiger partial charge in [-0.25, -0.2) is 0 Å². The summed E-state index contributed by atoms with van der Waals surface area (Å²) in [6.45, 7) is 0.900. The van der Waals surface area contributed by atoms with Crippen molar-refractivity contribution in [1.29, 1.82) is 0 Å². The maximum absolute atomic E-state index is 4.07. The topological polar surface area (TPSA) is 24.7 Å². The lowest BCUT2D eigenvalue weighted by molar-refractivity contribution is 0.619. The highest BCUT2D eigenvalue weighted by molar-refractivity contribution is 8.77. The second kappa shape index (κ2) is 8.63. The summed E-state index contributed by atoms with van der Waals surface area (Å²) in [6.07, 6.45) is 9.98. The molecule has 0 saturated heterocycles. The van der Waals surface area contributed by atoms with Crippen molar-refractivity contribution in [3.63, 3.8) is 0 Å². The first-order valence-corrected chi connectivity index (χ1v) is 7.01. The van der Waals surface area contributed by atoms with Crippen molar-refractivity contribution in [3.05, 3.63) is 11.5 Å². The average molecular weight is 216 g/mol. The number of rotatable bonds is 0. The minimum absolute atomic E-state index is 0.900. The van der Waals surface area contributed by atoms with Gasteiger partial charge in [0, 0.05) is 0 Å². The van der Waals surface area contributed by atoms with Gasteiger partial charge in [0.05, 0.1) is 17.5 Å². The van der Waals surface area contributed by atoms with Crippen LogP contribution in [-0.4, -0.2) is 6.54 Å². The van der Waals surface area contributed by atoms with Gasteiger partial charge >= 0.3 is 0 Å². The Balaban J connectivity index is 2.18. The summed E-state index contributed by atoms with van der Waals surface area (Å²) in [4.78, 5) is 0. The molecule has 0 radical (unpaired) electrons. The van der Waals surface area contributed by atoms with Crippen molar-refractivity contribution in [2.45, 2.75) is 38.5 Å². The molecule has 4 heteroatoms. The van der Waals surface area contributed by atoms with Crippen molar-refractivity contribution < 1.29 is 0 Å². The van der Waals surface area contributed by atoms with E-state index in [2.05, 4.69) is 21.1 Å². The largest absolute Gasteiger partial charge is 0.181 e. The molecule has 0 aromatic carbocycles. The van der Waals surface area contributed by atoms with Crippen LogP contribution >= 0.6 is 21.8 Å². The highest BCUT2D eigenvalue weighted by Crippen LogP contribution is 2.24. The Morgan fingerprint density at radius 1 is 1.00 bits per heavy atom. The second-order valence-corrected chi connectivity index (χ2v) is 4.85. The van der Waals surface area contributed by atoms with Gasteiger partial charge in [0.1, 0.15) is 0 Å². The van der Waals surface area contributed by atoms with Crippen molar-refractivity contribution in [2.75, 3.05) is 6.54 Å². The third-order valence-electron chi connectivity index (χ3n) is 1.91. The van der Waals surface area contributed by atoms with Crippen LogP contribution in [0, 0.1) is 0 Å². The summed E-state index contributed by atoms with van der Waals surface area (Å²) in [5.41, 5.74) is 0. The quantitative estimate of drug-likeness (QED) is 0.436. The maximum Gasteiger partial charge on any atom is 0.0716 e. The Bertz CT molecular complexity index is 151. The lowest BCUT2D eigenvalue weighted by Crippen LogP contribution is -1.81. The van der Waals surface area contributed by atoms with E-state index < -0.39 is 0 Å². The van der Waals surface area contributed by atoms with Crippen LogP contribution in [0.15, 0.2) is 21.1 Å². The Kier molecular flexibility index (Phi) is 7.38. The summed E-state index contributed by atoms with van der Waals surface area (Å²) >= 11 is 0. The normalized spacial score (nSPS) is 21.5. The van der Waals surface area contributed by atoms with Gasteiger partial charge in [-0.2, -0.15) is 5.11 Å². The van der Waals surface area contributed by atoms with Crippen molar-refractivity contribution in [1.82, 2.24) is 0 Å². The van der Waals surface area contributed by atoms with E-state index in [4.69, 9.17) is 0 Å². The van der Waals surface area contributed by atoms with E-state index in [1.165, 1.54) is 49.5 Å². The average Bonchev–Trinajstić information content (AvgIpc) is 2.18. The first-order chi connectivity index (χ1) is 6.50. The summed E-state index contributed by atoms with van der Waals surface area (Å²) in [5, 5.41) is 6.18. The minimum atomic E-state index is 0.900. The van der Waals surface area contributed by atoms with Crippen LogP contribution in [0.2, 0.25) is 0 Å². The third-order valence-corrected chi connectivity index (χ3v) is 3.28. The van der Waals surface area contributed by atoms with Gasteiger partial charge in [-0.1, -0.05) is 25.3 Å². The Hall–Kier alpha value is 0.0400. The van der Waals surface area contributed by atoms with E-state index >= 15 is 0 Å². The Labute approximate surface area is 88.2 Å². The number of allylic oxidation sites excluding steroid dienone is 1. The molecule has 1 aliphatic heterocycles. The fourth-order valence-corrected chi connectivity index (χ4v) is 2.26. The molecule has 0 amide bonds.